The summed E-state index contributed by atoms with van der Waals surface area (Å²) in [4.78, 5) is 14.9. The molecule has 130 valence electrons. The number of carbonyl (C=O) groups excluding carboxylic acids is 1. The van der Waals surface area contributed by atoms with Crippen molar-refractivity contribution >= 4 is 5.91 Å². The first-order valence-corrected chi connectivity index (χ1v) is 8.67. The van der Waals surface area contributed by atoms with E-state index in [1.54, 1.807) is 12.1 Å². The number of para-hydroxylation sites is 1. The Hall–Kier alpha value is -2.40. The highest BCUT2D eigenvalue weighted by Gasteiger charge is 2.38. The van der Waals surface area contributed by atoms with Gasteiger partial charge in [0.25, 0.3) is 5.91 Å². The molecule has 2 aliphatic heterocycles. The molecule has 0 spiro atoms. The van der Waals surface area contributed by atoms with Crippen LogP contribution >= 0.6 is 0 Å². The van der Waals surface area contributed by atoms with E-state index in [9.17, 15) is 9.18 Å². The number of fused-ring (bicyclic) bond motifs is 1. The van der Waals surface area contributed by atoms with Gasteiger partial charge in [0.15, 0.2) is 0 Å². The molecule has 2 aromatic carbocycles. The second-order valence-electron chi connectivity index (χ2n) is 6.80. The van der Waals surface area contributed by atoms with Crippen LogP contribution in [0.2, 0.25) is 0 Å². The Labute approximate surface area is 146 Å². The van der Waals surface area contributed by atoms with Crippen molar-refractivity contribution in [1.29, 1.82) is 0 Å². The molecule has 0 aliphatic carbocycles. The highest BCUT2D eigenvalue weighted by atomic mass is 19.1. The third-order valence-corrected chi connectivity index (χ3v) is 5.10. The first kappa shape index (κ1) is 16.1. The van der Waals surface area contributed by atoms with E-state index in [0.717, 1.165) is 31.7 Å². The number of amides is 1. The fraction of sp³-hybridized carbons (Fsp3) is 0.350. The van der Waals surface area contributed by atoms with E-state index in [2.05, 4.69) is 5.32 Å². The summed E-state index contributed by atoms with van der Waals surface area (Å²) in [6.45, 7) is 3.92. The summed E-state index contributed by atoms with van der Waals surface area (Å²) in [5.41, 5.74) is 1.46. The van der Waals surface area contributed by atoms with E-state index in [-0.39, 0.29) is 11.7 Å². The highest BCUT2D eigenvalue weighted by molar-refractivity contribution is 5.97. The van der Waals surface area contributed by atoms with Crippen LogP contribution < -0.4 is 10.1 Å². The molecule has 2 aliphatic rings. The van der Waals surface area contributed by atoms with Gasteiger partial charge >= 0.3 is 0 Å². The van der Waals surface area contributed by atoms with Crippen LogP contribution in [0.4, 0.5) is 4.39 Å². The molecule has 25 heavy (non-hydrogen) atoms. The molecule has 2 aromatic rings. The average molecular weight is 340 g/mol. The van der Waals surface area contributed by atoms with E-state index >= 15 is 0 Å². The van der Waals surface area contributed by atoms with Gasteiger partial charge in [-0.25, -0.2) is 4.39 Å². The smallest absolute Gasteiger partial charge is 0.257 e. The van der Waals surface area contributed by atoms with Crippen molar-refractivity contribution in [1.82, 2.24) is 10.2 Å². The average Bonchev–Trinajstić information content (AvgIpc) is 3.23. The Morgan fingerprint density at radius 1 is 1.08 bits per heavy atom. The van der Waals surface area contributed by atoms with Crippen LogP contribution in [0.25, 0.3) is 0 Å². The molecule has 0 aromatic heterocycles. The summed E-state index contributed by atoms with van der Waals surface area (Å²) in [7, 11) is 0. The molecule has 0 unspecified atom stereocenters. The van der Waals surface area contributed by atoms with E-state index in [0.29, 0.717) is 29.8 Å². The van der Waals surface area contributed by atoms with Crippen molar-refractivity contribution in [3.8, 4) is 5.75 Å². The number of benzene rings is 2. The molecular weight excluding hydrogens is 319 g/mol. The van der Waals surface area contributed by atoms with Gasteiger partial charge in [-0.05, 0) is 41.7 Å². The maximum atomic E-state index is 13.0. The highest BCUT2D eigenvalue weighted by Crippen LogP contribution is 2.29. The third kappa shape index (κ3) is 3.37. The van der Waals surface area contributed by atoms with Gasteiger partial charge in [0.2, 0.25) is 0 Å². The van der Waals surface area contributed by atoms with Gasteiger partial charge < -0.3 is 15.0 Å². The van der Waals surface area contributed by atoms with Gasteiger partial charge in [-0.3, -0.25) is 4.79 Å². The van der Waals surface area contributed by atoms with Crippen LogP contribution in [0.1, 0.15) is 15.9 Å². The van der Waals surface area contributed by atoms with Gasteiger partial charge in [-0.15, -0.1) is 0 Å². The lowest BCUT2D eigenvalue weighted by Crippen LogP contribution is -2.32. The SMILES string of the molecule is O=C(c1ccccc1OCc1ccc(F)cc1)N1C[C@H]2CNC[C@H]2C1. The lowest BCUT2D eigenvalue weighted by Gasteiger charge is -2.19. The monoisotopic (exact) mass is 340 g/mol. The summed E-state index contributed by atoms with van der Waals surface area (Å²) in [6, 6.07) is 13.5. The summed E-state index contributed by atoms with van der Waals surface area (Å²) >= 11 is 0. The summed E-state index contributed by atoms with van der Waals surface area (Å²) in [6.07, 6.45) is 0. The largest absolute Gasteiger partial charge is 0.488 e. The molecule has 0 radical (unpaired) electrons. The number of halogens is 1. The van der Waals surface area contributed by atoms with Crippen LogP contribution in [0.3, 0.4) is 0 Å². The zero-order valence-electron chi connectivity index (χ0n) is 14.0. The molecule has 2 heterocycles. The number of nitrogens with one attached hydrogen (secondary N) is 1. The lowest BCUT2D eigenvalue weighted by atomic mass is 10.0. The molecule has 2 atom stereocenters. The zero-order valence-corrected chi connectivity index (χ0v) is 14.0. The molecule has 4 rings (SSSR count). The first-order valence-electron chi connectivity index (χ1n) is 8.67. The van der Waals surface area contributed by atoms with E-state index in [1.165, 1.54) is 12.1 Å². The van der Waals surface area contributed by atoms with Crippen LogP contribution in [-0.2, 0) is 6.61 Å². The van der Waals surface area contributed by atoms with Crippen molar-refractivity contribution in [3.05, 3.63) is 65.5 Å². The Kier molecular flexibility index (Phi) is 4.40. The molecule has 1 amide bonds. The van der Waals surface area contributed by atoms with Gasteiger partial charge in [-0.2, -0.15) is 0 Å². The van der Waals surface area contributed by atoms with Gasteiger partial charge in [-0.1, -0.05) is 24.3 Å². The number of hydrogen-bond acceptors (Lipinski definition) is 3. The maximum absolute atomic E-state index is 13.0. The Bertz CT molecular complexity index is 751. The molecule has 1 N–H and O–H groups in total. The number of carbonyl (C=O) groups is 1. The van der Waals surface area contributed by atoms with E-state index < -0.39 is 0 Å². The predicted molar refractivity (Wildman–Crippen MR) is 92.9 cm³/mol. The molecule has 0 saturated carbocycles. The Balaban J connectivity index is 1.47. The Morgan fingerprint density at radius 3 is 2.48 bits per heavy atom. The minimum Gasteiger partial charge on any atom is -0.488 e. The predicted octanol–water partition coefficient (Wildman–Crippen LogP) is 2.70. The minimum atomic E-state index is -0.270. The molecular formula is C20H21FN2O2. The number of rotatable bonds is 4. The topological polar surface area (TPSA) is 41.6 Å². The van der Waals surface area contributed by atoms with E-state index in [4.69, 9.17) is 4.74 Å². The summed E-state index contributed by atoms with van der Waals surface area (Å²) in [5, 5.41) is 3.39. The van der Waals surface area contributed by atoms with Gasteiger partial charge in [0, 0.05) is 26.2 Å². The number of hydrogen-bond donors (Lipinski definition) is 1. The normalized spacial score (nSPS) is 22.0. The van der Waals surface area contributed by atoms with Crippen LogP contribution in [0.5, 0.6) is 5.75 Å². The Morgan fingerprint density at radius 2 is 1.76 bits per heavy atom. The maximum Gasteiger partial charge on any atom is 0.257 e. The molecule has 5 heteroatoms. The molecule has 2 saturated heterocycles. The fourth-order valence-electron chi connectivity index (χ4n) is 3.70. The van der Waals surface area contributed by atoms with Crippen molar-refractivity contribution in [2.24, 2.45) is 11.8 Å². The summed E-state index contributed by atoms with van der Waals surface area (Å²) in [5.74, 6) is 1.47. The second kappa shape index (κ2) is 6.84. The standard InChI is InChI=1S/C20H21FN2O2/c21-17-7-5-14(6-8-17)13-25-19-4-2-1-3-18(19)20(24)23-11-15-9-22-10-16(15)12-23/h1-8,15-16,22H,9-13H2/t15-,16+. The number of ether oxygens (including phenoxy) is 1. The van der Waals surface area contributed by atoms with Gasteiger partial charge in [0.1, 0.15) is 18.2 Å². The van der Waals surface area contributed by atoms with Crippen LogP contribution in [0.15, 0.2) is 48.5 Å². The third-order valence-electron chi connectivity index (χ3n) is 5.10. The molecule has 0 bridgehead atoms. The lowest BCUT2D eigenvalue weighted by molar-refractivity contribution is 0.0777. The molecule has 2 fully saturated rings. The number of likely N-dealkylation sites (tertiary alicyclic amines) is 1. The van der Waals surface area contributed by atoms with Crippen molar-refractivity contribution in [3.63, 3.8) is 0 Å². The molecule has 4 nitrogen and oxygen atoms in total. The van der Waals surface area contributed by atoms with Crippen LogP contribution in [-0.4, -0.2) is 37.0 Å². The minimum absolute atomic E-state index is 0.0316. The quantitative estimate of drug-likeness (QED) is 0.930. The van der Waals surface area contributed by atoms with Crippen molar-refractivity contribution in [2.45, 2.75) is 6.61 Å². The first-order chi connectivity index (χ1) is 12.2. The summed E-state index contributed by atoms with van der Waals surface area (Å²) < 4.78 is 18.8. The van der Waals surface area contributed by atoms with Gasteiger partial charge in [0.05, 0.1) is 5.56 Å². The number of nitrogens with zero attached hydrogens (tertiary/aromatic N) is 1. The zero-order chi connectivity index (χ0) is 17.2. The second-order valence-corrected chi connectivity index (χ2v) is 6.80. The van der Waals surface area contributed by atoms with Crippen molar-refractivity contribution in [2.75, 3.05) is 26.2 Å². The van der Waals surface area contributed by atoms with E-state index in [1.807, 2.05) is 29.2 Å². The fourth-order valence-corrected chi connectivity index (χ4v) is 3.70. The van der Waals surface area contributed by atoms with Crippen LogP contribution in [0, 0.1) is 17.7 Å². The van der Waals surface area contributed by atoms with Crippen molar-refractivity contribution < 1.29 is 13.9 Å².